The van der Waals surface area contributed by atoms with Crippen LogP contribution in [0.5, 0.6) is 0 Å². The van der Waals surface area contributed by atoms with Gasteiger partial charge in [0.1, 0.15) is 0 Å². The van der Waals surface area contributed by atoms with Crippen LogP contribution in [-0.4, -0.2) is 34.3 Å². The minimum atomic E-state index is -0.973. The molecule has 3 fully saturated rings. The second-order valence-corrected chi connectivity index (χ2v) is 6.13. The normalized spacial score (nSPS) is 45.4. The Morgan fingerprint density at radius 3 is 2.16 bits per heavy atom. The summed E-state index contributed by atoms with van der Waals surface area (Å²) in [5.41, 5.74) is 0. The number of allylic oxidation sites excluding steroid dienone is 2. The first kappa shape index (κ1) is 11.2. The molecule has 2 amide bonds. The first-order valence-corrected chi connectivity index (χ1v) is 6.85. The van der Waals surface area contributed by atoms with Gasteiger partial charge in [0, 0.05) is 6.54 Å². The van der Waals surface area contributed by atoms with Gasteiger partial charge in [0.05, 0.1) is 18.3 Å². The third-order valence-electron chi connectivity index (χ3n) is 5.30. The Bertz CT molecular complexity index is 490. The van der Waals surface area contributed by atoms with Crippen molar-refractivity contribution in [3.8, 4) is 0 Å². The molecule has 100 valence electrons. The van der Waals surface area contributed by atoms with Gasteiger partial charge in [0.2, 0.25) is 11.8 Å². The number of rotatable bonds is 3. The molecule has 5 nitrogen and oxygen atoms in total. The van der Waals surface area contributed by atoms with Crippen LogP contribution in [0.2, 0.25) is 0 Å². The zero-order valence-corrected chi connectivity index (χ0v) is 10.4. The number of carbonyl (C=O) groups excluding carboxylic acids is 2. The molecule has 0 aromatic rings. The van der Waals surface area contributed by atoms with E-state index in [0.29, 0.717) is 11.8 Å². The van der Waals surface area contributed by atoms with E-state index in [4.69, 9.17) is 5.11 Å². The maximum atomic E-state index is 12.4. The van der Waals surface area contributed by atoms with Gasteiger partial charge in [0.15, 0.2) is 0 Å². The fourth-order valence-electron chi connectivity index (χ4n) is 4.45. The van der Waals surface area contributed by atoms with Crippen LogP contribution in [0.15, 0.2) is 12.2 Å². The maximum absolute atomic E-state index is 12.4. The summed E-state index contributed by atoms with van der Waals surface area (Å²) in [4.78, 5) is 36.6. The van der Waals surface area contributed by atoms with E-state index in [1.54, 1.807) is 0 Å². The second-order valence-electron chi connectivity index (χ2n) is 6.13. The maximum Gasteiger partial charge on any atom is 0.305 e. The Balaban J connectivity index is 1.63. The summed E-state index contributed by atoms with van der Waals surface area (Å²) >= 11 is 0. The smallest absolute Gasteiger partial charge is 0.305 e. The van der Waals surface area contributed by atoms with E-state index in [1.165, 1.54) is 4.90 Å². The van der Waals surface area contributed by atoms with E-state index in [0.717, 1.165) is 6.42 Å². The Kier molecular flexibility index (Phi) is 2.04. The van der Waals surface area contributed by atoms with E-state index >= 15 is 0 Å². The first-order valence-electron chi connectivity index (χ1n) is 6.85. The van der Waals surface area contributed by atoms with Gasteiger partial charge >= 0.3 is 5.97 Å². The third kappa shape index (κ3) is 1.33. The number of likely N-dealkylation sites (tertiary alicyclic amines) is 1. The molecule has 4 aliphatic carbocycles. The van der Waals surface area contributed by atoms with Crippen molar-refractivity contribution < 1.29 is 19.5 Å². The van der Waals surface area contributed by atoms with Crippen molar-refractivity contribution in [2.45, 2.75) is 12.8 Å². The van der Waals surface area contributed by atoms with Crippen molar-refractivity contribution in [2.24, 2.45) is 35.5 Å². The van der Waals surface area contributed by atoms with Gasteiger partial charge in [-0.05, 0) is 30.1 Å². The van der Waals surface area contributed by atoms with Gasteiger partial charge in [0.25, 0.3) is 0 Å². The number of hydrogen-bond donors (Lipinski definition) is 1. The lowest BCUT2D eigenvalue weighted by molar-refractivity contribution is -0.142. The molecule has 1 saturated heterocycles. The average Bonchev–Trinajstić information content (AvgIpc) is 3.14. The van der Waals surface area contributed by atoms with E-state index in [-0.39, 0.29) is 48.5 Å². The van der Waals surface area contributed by atoms with Crippen LogP contribution in [-0.2, 0) is 14.4 Å². The minimum absolute atomic E-state index is 0.0226. The van der Waals surface area contributed by atoms with Gasteiger partial charge in [-0.25, -0.2) is 0 Å². The highest BCUT2D eigenvalue weighted by Gasteiger charge is 2.66. The molecule has 5 rings (SSSR count). The Hall–Kier alpha value is -1.65. The van der Waals surface area contributed by atoms with Crippen molar-refractivity contribution >= 4 is 17.8 Å². The van der Waals surface area contributed by atoms with Gasteiger partial charge in [-0.2, -0.15) is 0 Å². The summed E-state index contributed by atoms with van der Waals surface area (Å²) in [5, 5.41) is 8.71. The summed E-state index contributed by atoms with van der Waals surface area (Å²) in [6.07, 6.45) is 5.22. The Morgan fingerprint density at radius 2 is 1.68 bits per heavy atom. The third-order valence-corrected chi connectivity index (χ3v) is 5.30. The molecule has 0 radical (unpaired) electrons. The predicted octanol–water partition coefficient (Wildman–Crippen LogP) is 0.514. The molecule has 0 unspecified atom stereocenters. The monoisotopic (exact) mass is 261 g/mol. The molecule has 1 heterocycles. The quantitative estimate of drug-likeness (QED) is 0.593. The molecule has 0 aromatic carbocycles. The molecular weight excluding hydrogens is 246 g/mol. The van der Waals surface area contributed by atoms with Gasteiger partial charge in [-0.1, -0.05) is 12.2 Å². The fraction of sp³-hybridized carbons (Fsp3) is 0.643. The lowest BCUT2D eigenvalue weighted by Gasteiger charge is -2.37. The van der Waals surface area contributed by atoms with Crippen LogP contribution in [0.1, 0.15) is 12.8 Å². The molecule has 0 spiro atoms. The van der Waals surface area contributed by atoms with Crippen LogP contribution in [0.25, 0.3) is 0 Å². The van der Waals surface area contributed by atoms with E-state index in [2.05, 4.69) is 12.2 Å². The van der Waals surface area contributed by atoms with E-state index in [9.17, 15) is 14.4 Å². The first-order chi connectivity index (χ1) is 9.09. The largest absolute Gasteiger partial charge is 0.481 e. The summed E-state index contributed by atoms with van der Waals surface area (Å²) < 4.78 is 0. The molecule has 5 heteroatoms. The van der Waals surface area contributed by atoms with Crippen molar-refractivity contribution in [1.29, 1.82) is 0 Å². The molecule has 5 aliphatic rings. The summed E-state index contributed by atoms with van der Waals surface area (Å²) in [7, 11) is 0. The molecule has 6 atom stereocenters. The highest BCUT2D eigenvalue weighted by Crippen LogP contribution is 2.65. The number of hydrogen-bond acceptors (Lipinski definition) is 3. The number of nitrogens with zero attached hydrogens (tertiary/aromatic N) is 1. The van der Waals surface area contributed by atoms with Gasteiger partial charge in [-0.3, -0.25) is 19.3 Å². The minimum Gasteiger partial charge on any atom is -0.481 e. The molecule has 19 heavy (non-hydrogen) atoms. The molecule has 2 saturated carbocycles. The van der Waals surface area contributed by atoms with Crippen molar-refractivity contribution in [3.63, 3.8) is 0 Å². The topological polar surface area (TPSA) is 74.7 Å². The SMILES string of the molecule is O=C(O)CCN1C(=O)[C@@H]2[C@@H]3C=C[C@@H]([C@H]4C[C@H]34)[C@@H]2C1=O. The van der Waals surface area contributed by atoms with Crippen molar-refractivity contribution in [2.75, 3.05) is 6.54 Å². The zero-order chi connectivity index (χ0) is 13.3. The van der Waals surface area contributed by atoms with Crippen LogP contribution in [0.3, 0.4) is 0 Å². The number of carboxylic acids is 1. The lowest BCUT2D eigenvalue weighted by atomic mass is 9.63. The highest BCUT2D eigenvalue weighted by atomic mass is 16.4. The molecule has 2 bridgehead atoms. The molecule has 0 aromatic heterocycles. The summed E-state index contributed by atoms with van der Waals surface area (Å²) in [6, 6.07) is 0. The lowest BCUT2D eigenvalue weighted by Crippen LogP contribution is -2.40. The Labute approximate surface area is 110 Å². The van der Waals surface area contributed by atoms with Gasteiger partial charge in [-0.15, -0.1) is 0 Å². The molecule has 1 aliphatic heterocycles. The fourth-order valence-corrected chi connectivity index (χ4v) is 4.45. The van der Waals surface area contributed by atoms with Crippen molar-refractivity contribution in [1.82, 2.24) is 4.90 Å². The predicted molar refractivity (Wildman–Crippen MR) is 63.7 cm³/mol. The van der Waals surface area contributed by atoms with E-state index in [1.807, 2.05) is 0 Å². The number of amides is 2. The zero-order valence-electron chi connectivity index (χ0n) is 10.4. The Morgan fingerprint density at radius 1 is 1.16 bits per heavy atom. The van der Waals surface area contributed by atoms with Crippen LogP contribution in [0.4, 0.5) is 0 Å². The van der Waals surface area contributed by atoms with Crippen LogP contribution >= 0.6 is 0 Å². The van der Waals surface area contributed by atoms with Gasteiger partial charge < -0.3 is 5.11 Å². The standard InChI is InChI=1S/C14H15NO4/c16-10(17)3-4-15-13(18)11-6-1-2-7(9-5-8(6)9)12(11)14(15)19/h1-2,6-9,11-12H,3-5H2,(H,16,17)/t6-,7+,8-,9-,11-,12+/m1/s1. The van der Waals surface area contributed by atoms with Crippen molar-refractivity contribution in [3.05, 3.63) is 12.2 Å². The molecular formula is C14H15NO4. The number of imide groups is 1. The second kappa shape index (κ2) is 3.46. The average molecular weight is 261 g/mol. The van der Waals surface area contributed by atoms with Crippen LogP contribution < -0.4 is 0 Å². The summed E-state index contributed by atoms with van der Waals surface area (Å²) in [6.45, 7) is 0.0226. The molecule has 1 N–H and O–H groups in total. The van der Waals surface area contributed by atoms with Crippen LogP contribution in [0, 0.1) is 35.5 Å². The number of carbonyl (C=O) groups is 3. The van der Waals surface area contributed by atoms with E-state index < -0.39 is 5.97 Å². The number of carboxylic acid groups (broad SMARTS) is 1. The summed E-state index contributed by atoms with van der Waals surface area (Å²) in [5.74, 6) is -0.0567. The number of aliphatic carboxylic acids is 1. The highest BCUT2D eigenvalue weighted by molar-refractivity contribution is 6.06.